The second kappa shape index (κ2) is 8.66. The summed E-state index contributed by atoms with van der Waals surface area (Å²) in [6.07, 6.45) is 4.86. The van der Waals surface area contributed by atoms with Crippen molar-refractivity contribution in [2.45, 2.75) is 53.1 Å². The molecule has 2 aromatic heterocycles. The lowest BCUT2D eigenvalue weighted by Gasteiger charge is -2.25. The molecule has 178 valence electrons. The van der Waals surface area contributed by atoms with Crippen molar-refractivity contribution in [3.63, 3.8) is 0 Å². The lowest BCUT2D eigenvalue weighted by atomic mass is 9.96. The monoisotopic (exact) mass is 458 g/mol. The molecule has 10 nitrogen and oxygen atoms in total. The van der Waals surface area contributed by atoms with Gasteiger partial charge in [-0.05, 0) is 31.3 Å². The average molecular weight is 459 g/mol. The molecule has 0 atom stereocenters. The molecule has 0 spiro atoms. The smallest absolute Gasteiger partial charge is 0.378 e. The quantitative estimate of drug-likeness (QED) is 0.451. The molecule has 2 fully saturated rings. The second-order valence-corrected chi connectivity index (χ2v) is 9.98. The zero-order valence-electron chi connectivity index (χ0n) is 19.6. The van der Waals surface area contributed by atoms with Gasteiger partial charge < -0.3 is 20.1 Å². The fourth-order valence-electron chi connectivity index (χ4n) is 3.98. The van der Waals surface area contributed by atoms with E-state index in [1.807, 2.05) is 20.8 Å². The molecule has 1 saturated heterocycles. The Balaban J connectivity index is 1.83. The maximum Gasteiger partial charge on any atom is 0.378 e. The van der Waals surface area contributed by atoms with Gasteiger partial charge in [0.25, 0.3) is 5.91 Å². The lowest BCUT2D eigenvalue weighted by molar-refractivity contribution is -0.692. The van der Waals surface area contributed by atoms with Crippen LogP contribution in [-0.4, -0.2) is 63.8 Å². The first kappa shape index (κ1) is 23.0. The molecular weight excluding hydrogens is 426 g/mol. The first-order chi connectivity index (χ1) is 15.6. The van der Waals surface area contributed by atoms with Gasteiger partial charge in [0.1, 0.15) is 0 Å². The summed E-state index contributed by atoms with van der Waals surface area (Å²) in [6, 6.07) is 0.0446. The van der Waals surface area contributed by atoms with Crippen molar-refractivity contribution in [2.75, 3.05) is 26.3 Å². The number of morpholine rings is 1. The van der Waals surface area contributed by atoms with Crippen molar-refractivity contribution in [3.05, 3.63) is 33.3 Å². The molecule has 0 bridgehead atoms. The summed E-state index contributed by atoms with van der Waals surface area (Å²) < 4.78 is 8.15. The van der Waals surface area contributed by atoms with Gasteiger partial charge in [-0.25, -0.2) is 9.89 Å². The summed E-state index contributed by atoms with van der Waals surface area (Å²) in [6.45, 7) is 10.2. The predicted octanol–water partition coefficient (Wildman–Crippen LogP) is 0.739. The van der Waals surface area contributed by atoms with E-state index in [-0.39, 0.29) is 28.8 Å². The molecule has 4 rings (SSSR count). The summed E-state index contributed by atoms with van der Waals surface area (Å²) in [5.74, 6) is -1.10. The Morgan fingerprint density at radius 2 is 1.94 bits per heavy atom. The molecule has 0 radical (unpaired) electrons. The van der Waals surface area contributed by atoms with E-state index in [4.69, 9.17) is 4.74 Å². The highest BCUT2D eigenvalue weighted by Crippen LogP contribution is 2.23. The zero-order chi connectivity index (χ0) is 23.9. The molecule has 1 aliphatic carbocycles. The fourth-order valence-corrected chi connectivity index (χ4v) is 3.98. The highest BCUT2D eigenvalue weighted by atomic mass is 16.5. The van der Waals surface area contributed by atoms with Crippen LogP contribution in [-0.2, 0) is 16.1 Å². The number of hydrogen-bond donors (Lipinski definition) is 3. The van der Waals surface area contributed by atoms with Crippen LogP contribution in [0, 0.1) is 12.3 Å². The molecule has 2 amide bonds. The first-order valence-electron chi connectivity index (χ1n) is 11.3. The molecule has 33 heavy (non-hydrogen) atoms. The number of aromatic amines is 1. The van der Waals surface area contributed by atoms with E-state index in [2.05, 4.69) is 10.4 Å². The number of ether oxygens (including phenoxy) is 1. The topological polar surface area (TPSA) is 120 Å². The van der Waals surface area contributed by atoms with E-state index in [0.717, 1.165) is 12.8 Å². The number of amides is 2. The van der Waals surface area contributed by atoms with Crippen molar-refractivity contribution < 1.29 is 24.0 Å². The third kappa shape index (κ3) is 4.80. The van der Waals surface area contributed by atoms with Gasteiger partial charge in [0, 0.05) is 25.2 Å². The summed E-state index contributed by atoms with van der Waals surface area (Å²) in [5, 5.41) is 16.9. The van der Waals surface area contributed by atoms with Gasteiger partial charge in [0.2, 0.25) is 11.5 Å². The van der Waals surface area contributed by atoms with Gasteiger partial charge in [-0.3, -0.25) is 9.59 Å². The van der Waals surface area contributed by atoms with Crippen molar-refractivity contribution >= 4 is 23.5 Å². The van der Waals surface area contributed by atoms with Crippen LogP contribution in [0.2, 0.25) is 0 Å². The SMILES string of the molecule is Cc1[nH]n2c(=O)c(C(=O)NC3CC3)c(O)[n+](CC(C)(C)C)c2c1/C=C/C(=O)N1CCOCC1. The van der Waals surface area contributed by atoms with Gasteiger partial charge in [-0.15, -0.1) is 0 Å². The number of aromatic nitrogens is 3. The highest BCUT2D eigenvalue weighted by Gasteiger charge is 2.36. The standard InChI is InChI=1S/C23H31N5O5/c1-14-16(7-8-17(29)26-9-11-33-12-10-26)20-27(13-23(2,3)4)21(31)18(22(32)28(20)25-14)19(30)24-15-5-6-15/h7-8,15H,5-6,9-13H2,1-4H3,(H2,24,30,31,32)/p+1/b8-7+. The normalized spacial score (nSPS) is 17.2. The maximum absolute atomic E-state index is 13.2. The summed E-state index contributed by atoms with van der Waals surface area (Å²) >= 11 is 0. The number of nitrogens with zero attached hydrogens (tertiary/aromatic N) is 3. The summed E-state index contributed by atoms with van der Waals surface area (Å²) in [7, 11) is 0. The van der Waals surface area contributed by atoms with Crippen LogP contribution < -0.4 is 15.4 Å². The number of carbonyl (C=O) groups excluding carboxylic acids is 2. The fraction of sp³-hybridized carbons (Fsp3) is 0.565. The van der Waals surface area contributed by atoms with Crippen molar-refractivity contribution in [1.29, 1.82) is 0 Å². The molecule has 10 heteroatoms. The average Bonchev–Trinajstić information content (AvgIpc) is 3.50. The number of aryl methyl sites for hydroxylation is 1. The number of rotatable bonds is 5. The molecule has 3 N–H and O–H groups in total. The molecule has 1 aliphatic heterocycles. The number of nitrogens with one attached hydrogen (secondary N) is 2. The van der Waals surface area contributed by atoms with Gasteiger partial charge in [0.05, 0.1) is 31.0 Å². The third-order valence-corrected chi connectivity index (χ3v) is 5.78. The van der Waals surface area contributed by atoms with E-state index >= 15 is 0 Å². The second-order valence-electron chi connectivity index (χ2n) is 9.98. The van der Waals surface area contributed by atoms with Gasteiger partial charge in [0.15, 0.2) is 0 Å². The van der Waals surface area contributed by atoms with Crippen molar-refractivity contribution in [1.82, 2.24) is 19.8 Å². The largest absolute Gasteiger partial charge is 0.477 e. The van der Waals surface area contributed by atoms with Crippen LogP contribution in [0.5, 0.6) is 5.88 Å². The van der Waals surface area contributed by atoms with E-state index in [9.17, 15) is 19.5 Å². The van der Waals surface area contributed by atoms with Gasteiger partial charge >= 0.3 is 17.1 Å². The Labute approximate surface area is 191 Å². The molecule has 0 unspecified atom stereocenters. The molecule has 0 aromatic carbocycles. The molecule has 2 aromatic rings. The number of hydrogen-bond acceptors (Lipinski definition) is 5. The first-order valence-corrected chi connectivity index (χ1v) is 11.3. The zero-order valence-corrected chi connectivity index (χ0v) is 19.6. The molecule has 1 saturated carbocycles. The van der Waals surface area contributed by atoms with E-state index in [0.29, 0.717) is 49.8 Å². The highest BCUT2D eigenvalue weighted by molar-refractivity contribution is 5.96. The van der Waals surface area contributed by atoms with Crippen LogP contribution in [0.25, 0.3) is 11.7 Å². The minimum atomic E-state index is -0.631. The van der Waals surface area contributed by atoms with Crippen LogP contribution in [0.3, 0.4) is 0 Å². The number of H-pyrrole nitrogens is 1. The Hall–Kier alpha value is -3.14. The van der Waals surface area contributed by atoms with Crippen LogP contribution in [0.15, 0.2) is 10.9 Å². The van der Waals surface area contributed by atoms with E-state index < -0.39 is 11.5 Å². The van der Waals surface area contributed by atoms with Crippen LogP contribution in [0.1, 0.15) is 55.2 Å². The summed E-state index contributed by atoms with van der Waals surface area (Å²) in [5.41, 5.74) is 0.458. The lowest BCUT2D eigenvalue weighted by Crippen LogP contribution is -2.47. The Kier molecular flexibility index (Phi) is 6.04. The van der Waals surface area contributed by atoms with Crippen LogP contribution in [0.4, 0.5) is 0 Å². The molecule has 3 heterocycles. The van der Waals surface area contributed by atoms with Gasteiger partial charge in [-0.2, -0.15) is 4.57 Å². The van der Waals surface area contributed by atoms with Crippen molar-refractivity contribution in [3.8, 4) is 5.88 Å². The third-order valence-electron chi connectivity index (χ3n) is 5.78. The van der Waals surface area contributed by atoms with E-state index in [1.54, 1.807) is 22.5 Å². The van der Waals surface area contributed by atoms with Crippen LogP contribution >= 0.6 is 0 Å². The van der Waals surface area contributed by atoms with Gasteiger partial charge in [-0.1, -0.05) is 25.3 Å². The Morgan fingerprint density at radius 3 is 2.55 bits per heavy atom. The summed E-state index contributed by atoms with van der Waals surface area (Å²) in [4.78, 5) is 40.4. The molecular formula is C23H32N5O5+. The minimum Gasteiger partial charge on any atom is -0.477 e. The maximum atomic E-state index is 13.2. The minimum absolute atomic E-state index is 0.0446. The van der Waals surface area contributed by atoms with E-state index in [1.165, 1.54) is 10.6 Å². The number of fused-ring (bicyclic) bond motifs is 1. The Bertz CT molecular complexity index is 1180. The van der Waals surface area contributed by atoms with Crippen molar-refractivity contribution in [2.24, 2.45) is 5.41 Å². The number of carbonyl (C=O) groups is 2. The predicted molar refractivity (Wildman–Crippen MR) is 121 cm³/mol. The Morgan fingerprint density at radius 1 is 1.27 bits per heavy atom. The number of aromatic hydroxyl groups is 1. The molecule has 2 aliphatic rings.